The van der Waals surface area contributed by atoms with Gasteiger partial charge in [-0.3, -0.25) is 19.4 Å². The van der Waals surface area contributed by atoms with Crippen molar-refractivity contribution in [1.82, 2.24) is 14.8 Å². The Morgan fingerprint density at radius 1 is 0.871 bits per heavy atom. The van der Waals surface area contributed by atoms with Crippen LogP contribution in [0.25, 0.3) is 10.9 Å². The van der Waals surface area contributed by atoms with Crippen LogP contribution in [0.1, 0.15) is 37.4 Å². The fourth-order valence-electron chi connectivity index (χ4n) is 4.68. The van der Waals surface area contributed by atoms with Gasteiger partial charge in [0.25, 0.3) is 0 Å². The maximum atomic E-state index is 13.1. The van der Waals surface area contributed by atoms with Crippen molar-refractivity contribution in [3.63, 3.8) is 0 Å². The third kappa shape index (κ3) is 3.03. The number of aliphatic hydroxyl groups excluding tert-OH is 1. The second-order valence-electron chi connectivity index (χ2n) is 8.06. The summed E-state index contributed by atoms with van der Waals surface area (Å²) >= 11 is 0. The highest BCUT2D eigenvalue weighted by molar-refractivity contribution is 6.32. The Kier molecular flexibility index (Phi) is 4.77. The molecule has 0 radical (unpaired) electrons. The number of hydrogen-bond donors (Lipinski definition) is 4. The standard InChI is InChI=1S/C23H23N3O5/c27-10-9-25-5-7-26(8-6-25)12-13-11-24-19-16(13)22(30)17-18(23(19)31)21(29)15-4-2-1-3-14(15)20(17)28/h1-4,11,24,27,30-31H,5-10,12H2. The SMILES string of the molecule is O=C1c2ccccc2C(=O)c2c1c(O)c1[nH]cc(CN3CCN(CCO)CC3)c1c2O. The first-order chi connectivity index (χ1) is 15.0. The second-order valence-corrected chi connectivity index (χ2v) is 8.06. The first kappa shape index (κ1) is 19.7. The van der Waals surface area contributed by atoms with Crippen LogP contribution < -0.4 is 0 Å². The largest absolute Gasteiger partial charge is 0.506 e. The summed E-state index contributed by atoms with van der Waals surface area (Å²) in [6, 6.07) is 6.44. The Morgan fingerprint density at radius 3 is 2.06 bits per heavy atom. The van der Waals surface area contributed by atoms with E-state index < -0.39 is 11.6 Å². The molecule has 0 amide bonds. The lowest BCUT2D eigenvalue weighted by atomic mass is 9.82. The van der Waals surface area contributed by atoms with Crippen molar-refractivity contribution in [2.45, 2.75) is 6.54 Å². The van der Waals surface area contributed by atoms with E-state index >= 15 is 0 Å². The van der Waals surface area contributed by atoms with Gasteiger partial charge in [0.05, 0.1) is 28.6 Å². The minimum Gasteiger partial charge on any atom is -0.506 e. The number of nitrogens with one attached hydrogen (secondary N) is 1. The number of H-pyrrole nitrogens is 1. The summed E-state index contributed by atoms with van der Waals surface area (Å²) in [5, 5.41) is 31.4. The lowest BCUT2D eigenvalue weighted by molar-refractivity contribution is 0.0974. The van der Waals surface area contributed by atoms with E-state index in [0.717, 1.165) is 31.7 Å². The number of piperazine rings is 1. The number of nitrogens with zero attached hydrogens (tertiary/aromatic N) is 2. The number of carbonyl (C=O) groups is 2. The summed E-state index contributed by atoms with van der Waals surface area (Å²) in [4.78, 5) is 33.5. The number of fused-ring (bicyclic) bond motifs is 3. The number of β-amino-alcohol motifs (C(OH)–C–C–N with tert-alkyl or cyclic N) is 1. The molecule has 0 bridgehead atoms. The molecule has 0 saturated carbocycles. The van der Waals surface area contributed by atoms with Crippen molar-refractivity contribution in [2.24, 2.45) is 0 Å². The van der Waals surface area contributed by atoms with Crippen LogP contribution in [0.4, 0.5) is 0 Å². The number of aromatic hydroxyl groups is 2. The van der Waals surface area contributed by atoms with Gasteiger partial charge in [0.2, 0.25) is 0 Å². The zero-order chi connectivity index (χ0) is 21.7. The summed E-state index contributed by atoms with van der Waals surface area (Å²) in [6.45, 7) is 4.58. The average Bonchev–Trinajstić information content (AvgIpc) is 3.20. The van der Waals surface area contributed by atoms with E-state index in [4.69, 9.17) is 5.11 Å². The van der Waals surface area contributed by atoms with Crippen molar-refractivity contribution in [3.8, 4) is 11.5 Å². The lowest BCUT2D eigenvalue weighted by Gasteiger charge is -2.34. The molecule has 8 heteroatoms. The van der Waals surface area contributed by atoms with Gasteiger partial charge in [0.1, 0.15) is 5.75 Å². The van der Waals surface area contributed by atoms with E-state index in [1.54, 1.807) is 30.5 Å². The lowest BCUT2D eigenvalue weighted by Crippen LogP contribution is -2.46. The molecule has 1 fully saturated rings. The summed E-state index contributed by atoms with van der Waals surface area (Å²) < 4.78 is 0. The van der Waals surface area contributed by atoms with E-state index in [-0.39, 0.29) is 45.9 Å². The first-order valence-electron chi connectivity index (χ1n) is 10.3. The highest BCUT2D eigenvalue weighted by atomic mass is 16.3. The van der Waals surface area contributed by atoms with Gasteiger partial charge < -0.3 is 20.3 Å². The molecular weight excluding hydrogens is 398 g/mol. The number of aliphatic hydroxyl groups is 1. The Balaban J connectivity index is 1.55. The van der Waals surface area contributed by atoms with Gasteiger partial charge in [0, 0.05) is 56.6 Å². The molecular formula is C23H23N3O5. The van der Waals surface area contributed by atoms with Crippen LogP contribution in [-0.4, -0.2) is 81.0 Å². The number of phenolic OH excluding ortho intramolecular Hbond substituents is 2. The van der Waals surface area contributed by atoms with Crippen LogP contribution in [-0.2, 0) is 6.54 Å². The topological polar surface area (TPSA) is 117 Å². The number of rotatable bonds is 4. The van der Waals surface area contributed by atoms with Crippen molar-refractivity contribution in [2.75, 3.05) is 39.3 Å². The Bertz CT molecular complexity index is 1210. The van der Waals surface area contributed by atoms with Gasteiger partial charge in [-0.1, -0.05) is 24.3 Å². The average molecular weight is 421 g/mol. The summed E-state index contributed by atoms with van der Waals surface area (Å²) in [5.74, 6) is -1.53. The third-order valence-electron chi connectivity index (χ3n) is 6.30. The number of phenols is 2. The quantitative estimate of drug-likeness (QED) is 0.369. The molecule has 0 atom stereocenters. The first-order valence-corrected chi connectivity index (χ1v) is 10.3. The van der Waals surface area contributed by atoms with Gasteiger partial charge in [-0.05, 0) is 5.56 Å². The molecule has 1 aromatic heterocycles. The fourth-order valence-corrected chi connectivity index (χ4v) is 4.68. The summed E-state index contributed by atoms with van der Waals surface area (Å²) in [5.41, 5.74) is 1.17. The maximum absolute atomic E-state index is 13.1. The molecule has 5 rings (SSSR count). The van der Waals surface area contributed by atoms with Gasteiger partial charge in [-0.25, -0.2) is 0 Å². The zero-order valence-electron chi connectivity index (χ0n) is 16.9. The van der Waals surface area contributed by atoms with Crippen LogP contribution in [0.15, 0.2) is 30.5 Å². The second kappa shape index (κ2) is 7.49. The van der Waals surface area contributed by atoms with Crippen LogP contribution in [0.2, 0.25) is 0 Å². The van der Waals surface area contributed by atoms with Crippen molar-refractivity contribution in [1.29, 1.82) is 0 Å². The van der Waals surface area contributed by atoms with Gasteiger partial charge >= 0.3 is 0 Å². The number of benzene rings is 2. The maximum Gasteiger partial charge on any atom is 0.198 e. The molecule has 4 N–H and O–H groups in total. The molecule has 1 aliphatic carbocycles. The van der Waals surface area contributed by atoms with Gasteiger partial charge in [-0.15, -0.1) is 0 Å². The zero-order valence-corrected chi connectivity index (χ0v) is 16.9. The highest BCUT2D eigenvalue weighted by Crippen LogP contribution is 2.45. The monoisotopic (exact) mass is 421 g/mol. The molecule has 8 nitrogen and oxygen atoms in total. The number of aromatic amines is 1. The van der Waals surface area contributed by atoms with Crippen LogP contribution >= 0.6 is 0 Å². The Labute approximate surface area is 178 Å². The van der Waals surface area contributed by atoms with Crippen molar-refractivity contribution >= 4 is 22.5 Å². The van der Waals surface area contributed by atoms with Crippen LogP contribution in [0.5, 0.6) is 11.5 Å². The van der Waals surface area contributed by atoms with E-state index in [1.807, 2.05) is 0 Å². The molecule has 2 aromatic carbocycles. The Hall–Kier alpha value is -3.20. The summed E-state index contributed by atoms with van der Waals surface area (Å²) in [7, 11) is 0. The van der Waals surface area contributed by atoms with E-state index in [0.29, 0.717) is 18.5 Å². The highest BCUT2D eigenvalue weighted by Gasteiger charge is 2.37. The predicted octanol–water partition coefficient (Wildman–Crippen LogP) is 1.46. The Morgan fingerprint density at radius 2 is 1.45 bits per heavy atom. The molecule has 0 unspecified atom stereocenters. The normalized spacial score (nSPS) is 17.2. The number of hydrogen-bond acceptors (Lipinski definition) is 7. The van der Waals surface area contributed by atoms with Crippen molar-refractivity contribution < 1.29 is 24.9 Å². The van der Waals surface area contributed by atoms with Crippen LogP contribution in [0.3, 0.4) is 0 Å². The number of ketones is 2. The van der Waals surface area contributed by atoms with Gasteiger partial charge in [-0.2, -0.15) is 0 Å². The molecule has 0 spiro atoms. The molecule has 3 aromatic rings. The molecule has 160 valence electrons. The fraction of sp³-hybridized carbons (Fsp3) is 0.304. The van der Waals surface area contributed by atoms with E-state index in [9.17, 15) is 19.8 Å². The number of aromatic nitrogens is 1. The molecule has 2 heterocycles. The molecule has 31 heavy (non-hydrogen) atoms. The number of carbonyl (C=O) groups excluding carboxylic acids is 2. The minimum atomic E-state index is -0.476. The molecule has 1 saturated heterocycles. The third-order valence-corrected chi connectivity index (χ3v) is 6.30. The summed E-state index contributed by atoms with van der Waals surface area (Å²) in [6.07, 6.45) is 1.71. The molecule has 2 aliphatic rings. The van der Waals surface area contributed by atoms with E-state index in [2.05, 4.69) is 14.8 Å². The minimum absolute atomic E-state index is 0.136. The molecule has 1 aliphatic heterocycles. The van der Waals surface area contributed by atoms with Gasteiger partial charge in [0.15, 0.2) is 17.3 Å². The van der Waals surface area contributed by atoms with E-state index in [1.165, 1.54) is 0 Å². The smallest absolute Gasteiger partial charge is 0.198 e. The predicted molar refractivity (Wildman–Crippen MR) is 114 cm³/mol. The van der Waals surface area contributed by atoms with Crippen molar-refractivity contribution in [3.05, 3.63) is 58.3 Å². The van der Waals surface area contributed by atoms with Crippen LogP contribution in [0, 0.1) is 0 Å².